The highest BCUT2D eigenvalue weighted by atomic mass is 19.1. The van der Waals surface area contributed by atoms with Gasteiger partial charge in [-0.2, -0.15) is 20.2 Å². The Morgan fingerprint density at radius 2 is 2.32 bits per heavy atom. The number of halogens is 1. The highest BCUT2D eigenvalue weighted by molar-refractivity contribution is 6.28. The Hall–Kier alpha value is -4.02. The van der Waals surface area contributed by atoms with Gasteiger partial charge in [-0.25, -0.2) is 14.8 Å². The average molecular weight is 469 g/mol. The molecule has 1 saturated heterocycles. The number of aliphatic imine (C=N–C) groups is 1. The van der Waals surface area contributed by atoms with Crippen LogP contribution in [-0.2, 0) is 4.79 Å². The Morgan fingerprint density at radius 1 is 1.50 bits per heavy atom. The molecule has 0 aliphatic carbocycles. The van der Waals surface area contributed by atoms with Gasteiger partial charge in [-0.15, -0.1) is 0 Å². The first-order valence-corrected chi connectivity index (χ1v) is 10.5. The van der Waals surface area contributed by atoms with Crippen molar-refractivity contribution in [1.29, 1.82) is 10.7 Å². The van der Waals surface area contributed by atoms with Gasteiger partial charge in [0.15, 0.2) is 17.8 Å². The average Bonchev–Trinajstić information content (AvgIpc) is 2.87. The van der Waals surface area contributed by atoms with E-state index in [1.807, 2.05) is 13.0 Å². The maximum absolute atomic E-state index is 14.6. The number of amidine groups is 1. The van der Waals surface area contributed by atoms with Gasteiger partial charge in [0.2, 0.25) is 5.91 Å². The molecular weight excluding hydrogens is 445 g/mol. The minimum Gasteiger partial charge on any atom is -0.486 e. The smallest absolute Gasteiger partial charge is 0.254 e. The molecule has 0 spiro atoms. The summed E-state index contributed by atoms with van der Waals surface area (Å²) < 4.78 is 20.3. The number of benzene rings is 1. The van der Waals surface area contributed by atoms with Gasteiger partial charge >= 0.3 is 0 Å². The number of nitriles is 1. The molecule has 1 aromatic carbocycles. The van der Waals surface area contributed by atoms with Crippen molar-refractivity contribution in [2.45, 2.75) is 25.6 Å². The highest BCUT2D eigenvalue weighted by Gasteiger charge is 2.33. The number of nitrogens with zero attached hydrogens (tertiary/aromatic N) is 6. The van der Waals surface area contributed by atoms with Crippen LogP contribution in [0.2, 0.25) is 0 Å². The zero-order valence-corrected chi connectivity index (χ0v) is 18.4. The highest BCUT2D eigenvalue weighted by Crippen LogP contribution is 2.28. The second kappa shape index (κ2) is 11.7. The standard InChI is InChI=1S/C21H24FN9O3/c1-2-27-30-18(9-24)28-21-26-12-25-20(29-21)13-3-4-16(14(7-13)8-23)34-17-5-6-31(10-15(17)22)19(33)11-32/h3-4,7,9,12,15,17,24,27,32H,2,5-6,10-11H2,1H3,(H,25,26,28,29,30). The molecule has 2 aromatic rings. The lowest BCUT2D eigenvalue weighted by Crippen LogP contribution is -2.50. The lowest BCUT2D eigenvalue weighted by Gasteiger charge is -2.34. The van der Waals surface area contributed by atoms with E-state index in [9.17, 15) is 14.4 Å². The largest absolute Gasteiger partial charge is 0.486 e. The number of piperidine rings is 1. The Kier molecular flexibility index (Phi) is 8.49. The van der Waals surface area contributed by atoms with Gasteiger partial charge in [-0.3, -0.25) is 4.79 Å². The second-order valence-electron chi connectivity index (χ2n) is 7.19. The van der Waals surface area contributed by atoms with Gasteiger partial charge in [-0.05, 0) is 18.2 Å². The maximum atomic E-state index is 14.6. The van der Waals surface area contributed by atoms with Crippen molar-refractivity contribution in [2.75, 3.05) is 26.2 Å². The van der Waals surface area contributed by atoms with Crippen LogP contribution in [0.25, 0.3) is 11.4 Å². The van der Waals surface area contributed by atoms with E-state index in [-0.39, 0.29) is 48.4 Å². The van der Waals surface area contributed by atoms with Crippen LogP contribution in [-0.4, -0.2) is 81.4 Å². The molecule has 1 fully saturated rings. The van der Waals surface area contributed by atoms with E-state index in [0.717, 1.165) is 6.21 Å². The number of carbonyl (C=O) groups excluding carboxylic acids is 1. The number of likely N-dealkylation sites (tertiary alicyclic amines) is 1. The van der Waals surface area contributed by atoms with E-state index >= 15 is 0 Å². The summed E-state index contributed by atoms with van der Waals surface area (Å²) in [6.07, 6.45) is 0.210. The molecule has 1 amide bonds. The molecular formula is C21H24FN9O3. The fourth-order valence-electron chi connectivity index (χ4n) is 3.23. The molecule has 34 heavy (non-hydrogen) atoms. The summed E-state index contributed by atoms with van der Waals surface area (Å²) in [5.74, 6) is 0.192. The van der Waals surface area contributed by atoms with Crippen LogP contribution in [0.15, 0.2) is 29.5 Å². The van der Waals surface area contributed by atoms with Gasteiger partial charge in [0.05, 0.1) is 18.3 Å². The quantitative estimate of drug-likeness (QED) is 0.244. The normalized spacial score (nSPS) is 18.2. The summed E-state index contributed by atoms with van der Waals surface area (Å²) in [6, 6.07) is 6.72. The number of ether oxygens (including phenoxy) is 1. The number of aliphatic hydroxyl groups is 1. The van der Waals surface area contributed by atoms with E-state index in [1.54, 1.807) is 6.07 Å². The van der Waals surface area contributed by atoms with Crippen molar-refractivity contribution >= 4 is 23.9 Å². The second-order valence-corrected chi connectivity index (χ2v) is 7.19. The summed E-state index contributed by atoms with van der Waals surface area (Å²) in [7, 11) is 0. The predicted molar refractivity (Wildman–Crippen MR) is 120 cm³/mol. The molecule has 1 aromatic heterocycles. The molecule has 0 bridgehead atoms. The third-order valence-electron chi connectivity index (χ3n) is 4.92. The molecule has 0 saturated carbocycles. The fraction of sp³-hybridized carbons (Fsp3) is 0.381. The van der Waals surface area contributed by atoms with Crippen molar-refractivity contribution in [3.05, 3.63) is 30.1 Å². The van der Waals surface area contributed by atoms with Gasteiger partial charge in [0.25, 0.3) is 5.95 Å². The predicted octanol–water partition coefficient (Wildman–Crippen LogP) is 0.514. The van der Waals surface area contributed by atoms with Gasteiger partial charge in [-0.1, -0.05) is 6.92 Å². The molecule has 178 valence electrons. The number of nitrogens with one attached hydrogen (secondary N) is 3. The van der Waals surface area contributed by atoms with Crippen LogP contribution in [0.4, 0.5) is 10.3 Å². The summed E-state index contributed by atoms with van der Waals surface area (Å²) in [5, 5.41) is 26.0. The Bertz CT molecular complexity index is 1110. The summed E-state index contributed by atoms with van der Waals surface area (Å²) >= 11 is 0. The Labute approximate surface area is 195 Å². The van der Waals surface area contributed by atoms with E-state index in [1.165, 1.54) is 23.4 Å². The Balaban J connectivity index is 1.77. The molecule has 4 N–H and O–H groups in total. The number of carbonyl (C=O) groups is 1. The summed E-state index contributed by atoms with van der Waals surface area (Å²) in [4.78, 5) is 29.3. The Morgan fingerprint density at radius 3 is 3.00 bits per heavy atom. The number of alkyl halides is 1. The van der Waals surface area contributed by atoms with E-state index in [0.29, 0.717) is 12.1 Å². The van der Waals surface area contributed by atoms with Crippen LogP contribution >= 0.6 is 0 Å². The molecule has 2 unspecified atom stereocenters. The molecule has 13 heteroatoms. The zero-order chi connectivity index (χ0) is 24.5. The topological polar surface area (TPSA) is 172 Å². The van der Waals surface area contributed by atoms with E-state index in [4.69, 9.17) is 15.3 Å². The van der Waals surface area contributed by atoms with Gasteiger partial charge < -0.3 is 25.6 Å². The molecule has 2 heterocycles. The minimum absolute atomic E-state index is 0.0668. The third-order valence-corrected chi connectivity index (χ3v) is 4.92. The number of amides is 1. The summed E-state index contributed by atoms with van der Waals surface area (Å²) in [6.45, 7) is 1.89. The number of aromatic nitrogens is 3. The van der Waals surface area contributed by atoms with Crippen molar-refractivity contribution in [1.82, 2.24) is 30.7 Å². The van der Waals surface area contributed by atoms with Gasteiger partial charge in [0, 0.05) is 25.1 Å². The van der Waals surface area contributed by atoms with Crippen molar-refractivity contribution in [2.24, 2.45) is 4.99 Å². The summed E-state index contributed by atoms with van der Waals surface area (Å²) in [5.41, 5.74) is 6.23. The minimum atomic E-state index is -1.46. The zero-order valence-electron chi connectivity index (χ0n) is 18.4. The van der Waals surface area contributed by atoms with Crippen LogP contribution in [0, 0.1) is 16.7 Å². The van der Waals surface area contributed by atoms with Crippen molar-refractivity contribution < 1.29 is 19.0 Å². The van der Waals surface area contributed by atoms with Crippen LogP contribution in [0.3, 0.4) is 0 Å². The molecule has 2 atom stereocenters. The van der Waals surface area contributed by atoms with Crippen molar-refractivity contribution in [3.63, 3.8) is 0 Å². The van der Waals surface area contributed by atoms with Crippen LogP contribution in [0.1, 0.15) is 18.9 Å². The number of aliphatic hydroxyl groups excluding tert-OH is 1. The fourth-order valence-corrected chi connectivity index (χ4v) is 3.23. The first-order chi connectivity index (χ1) is 16.5. The number of rotatable bonds is 8. The van der Waals surface area contributed by atoms with E-state index in [2.05, 4.69) is 30.8 Å². The maximum Gasteiger partial charge on any atom is 0.254 e. The molecule has 3 rings (SSSR count). The third kappa shape index (κ3) is 6.06. The first-order valence-electron chi connectivity index (χ1n) is 10.5. The molecule has 1 aliphatic rings. The van der Waals surface area contributed by atoms with Crippen LogP contribution in [0.5, 0.6) is 5.75 Å². The number of hydrogen-bond donors (Lipinski definition) is 4. The van der Waals surface area contributed by atoms with Crippen LogP contribution < -0.4 is 15.6 Å². The molecule has 12 nitrogen and oxygen atoms in total. The lowest BCUT2D eigenvalue weighted by molar-refractivity contribution is -0.138. The number of hydrazine groups is 1. The van der Waals surface area contributed by atoms with Crippen molar-refractivity contribution in [3.8, 4) is 23.2 Å². The SMILES string of the molecule is CCNNC(C=N)=Nc1ncnc(-c2ccc(OC3CCN(C(=O)CO)CC3F)c(C#N)c2)n1. The molecule has 1 aliphatic heterocycles. The lowest BCUT2D eigenvalue weighted by atomic mass is 10.0. The van der Waals surface area contributed by atoms with E-state index < -0.39 is 24.8 Å². The monoisotopic (exact) mass is 469 g/mol. The number of hydrogen-bond acceptors (Lipinski definition) is 10. The van der Waals surface area contributed by atoms with Gasteiger partial charge in [0.1, 0.15) is 30.9 Å². The molecule has 0 radical (unpaired) electrons. The first kappa shape index (κ1) is 24.6.